The normalized spacial score (nSPS) is 11.6. The van der Waals surface area contributed by atoms with Crippen LogP contribution in [0.2, 0.25) is 0 Å². The summed E-state index contributed by atoms with van der Waals surface area (Å²) in [5, 5.41) is 8.66. The van der Waals surface area contributed by atoms with Crippen LogP contribution >= 0.6 is 0 Å². The number of urea groups is 1. The van der Waals surface area contributed by atoms with Gasteiger partial charge in [0, 0.05) is 38.1 Å². The predicted octanol–water partition coefficient (Wildman–Crippen LogP) is 7.53. The number of nitrogens with one attached hydrogen (secondary N) is 3. The van der Waals surface area contributed by atoms with Gasteiger partial charge in [-0.3, -0.25) is 4.79 Å². The molecule has 0 spiro atoms. The minimum Gasteiger partial charge on any atom is -0.464 e. The first kappa shape index (κ1) is 39.4. The fourth-order valence-corrected chi connectivity index (χ4v) is 5.35. The van der Waals surface area contributed by atoms with Crippen LogP contribution in [0.3, 0.4) is 0 Å². The summed E-state index contributed by atoms with van der Waals surface area (Å²) in [6, 6.07) is 5.19. The summed E-state index contributed by atoms with van der Waals surface area (Å²) in [5.74, 6) is -0.301. The molecule has 1 rings (SSSR count). The Kier molecular flexibility index (Phi) is 26.0. The zero-order valence-corrected chi connectivity index (χ0v) is 28.2. The number of hydrogen-bond acceptors (Lipinski definition) is 4. The van der Waals surface area contributed by atoms with E-state index >= 15 is 0 Å². The van der Waals surface area contributed by atoms with Crippen molar-refractivity contribution in [2.24, 2.45) is 0 Å². The molecule has 3 N–H and O–H groups in total. The quantitative estimate of drug-likeness (QED) is 0.0491. The van der Waals surface area contributed by atoms with Gasteiger partial charge in [0.05, 0.1) is 6.61 Å². The first-order valence-electron chi connectivity index (χ1n) is 18.0. The molecule has 44 heavy (non-hydrogen) atoms. The molecule has 0 bridgehead atoms. The third-order valence-electron chi connectivity index (χ3n) is 8.03. The summed E-state index contributed by atoms with van der Waals surface area (Å²) in [6.07, 6.45) is 27.4. The van der Waals surface area contributed by atoms with E-state index < -0.39 is 12.0 Å². The number of aryl methyl sites for hydroxylation is 1. The van der Waals surface area contributed by atoms with E-state index in [4.69, 9.17) is 4.74 Å². The second-order valence-corrected chi connectivity index (χ2v) is 12.1. The van der Waals surface area contributed by atoms with Crippen LogP contribution in [0.25, 0.3) is 0 Å². The van der Waals surface area contributed by atoms with E-state index in [9.17, 15) is 14.4 Å². The van der Waals surface area contributed by atoms with E-state index in [1.807, 2.05) is 6.07 Å². The molecule has 252 valence electrons. The van der Waals surface area contributed by atoms with E-state index in [0.29, 0.717) is 32.4 Å². The first-order valence-corrected chi connectivity index (χ1v) is 18.0. The number of rotatable bonds is 29. The molecule has 8 nitrogen and oxygen atoms in total. The fraction of sp³-hybridized carbons (Fsp3) is 0.778. The largest absolute Gasteiger partial charge is 0.464 e. The van der Waals surface area contributed by atoms with Crippen molar-refractivity contribution in [2.75, 3.05) is 19.7 Å². The van der Waals surface area contributed by atoms with Crippen LogP contribution < -0.4 is 20.5 Å². The van der Waals surface area contributed by atoms with E-state index in [2.05, 4.69) is 52.0 Å². The number of pyridine rings is 1. The molecule has 1 aromatic rings. The maximum atomic E-state index is 12.4. The molecule has 8 heteroatoms. The topological polar surface area (TPSA) is 100 Å². The highest BCUT2D eigenvalue weighted by Crippen LogP contribution is 2.11. The van der Waals surface area contributed by atoms with Gasteiger partial charge in [0.25, 0.3) is 0 Å². The number of unbranched alkanes of at least 4 members (excludes halogenated alkanes) is 16. The molecular formula is C36H65N4O4+. The molecule has 0 unspecified atom stereocenters. The molecule has 0 saturated heterocycles. The highest BCUT2D eigenvalue weighted by molar-refractivity contribution is 5.83. The van der Waals surface area contributed by atoms with Gasteiger partial charge in [-0.25, -0.2) is 14.2 Å². The van der Waals surface area contributed by atoms with Crippen LogP contribution in [-0.2, 0) is 20.9 Å². The summed E-state index contributed by atoms with van der Waals surface area (Å²) in [4.78, 5) is 36.9. The molecule has 3 amide bonds. The third-order valence-corrected chi connectivity index (χ3v) is 8.03. The van der Waals surface area contributed by atoms with Crippen LogP contribution in [0.15, 0.2) is 30.6 Å². The Bertz CT molecular complexity index is 837. The molecule has 0 aromatic carbocycles. The smallest absolute Gasteiger partial charge is 0.328 e. The molecule has 0 saturated carbocycles. The van der Waals surface area contributed by atoms with Crippen molar-refractivity contribution in [3.05, 3.63) is 30.6 Å². The molecular weight excluding hydrogens is 552 g/mol. The zero-order chi connectivity index (χ0) is 31.9. The average molecular weight is 618 g/mol. The van der Waals surface area contributed by atoms with Crippen LogP contribution in [0.1, 0.15) is 149 Å². The zero-order valence-electron chi connectivity index (χ0n) is 28.2. The van der Waals surface area contributed by atoms with Crippen molar-refractivity contribution in [3.8, 4) is 0 Å². The molecule has 1 atom stereocenters. The van der Waals surface area contributed by atoms with Gasteiger partial charge in [-0.05, 0) is 45.4 Å². The van der Waals surface area contributed by atoms with E-state index in [1.54, 1.807) is 6.92 Å². The van der Waals surface area contributed by atoms with Crippen molar-refractivity contribution in [2.45, 2.75) is 161 Å². The number of hydrogen-bond donors (Lipinski definition) is 3. The van der Waals surface area contributed by atoms with E-state index in [0.717, 1.165) is 38.6 Å². The molecule has 0 aliphatic heterocycles. The number of ether oxygens (including phenoxy) is 1. The second-order valence-electron chi connectivity index (χ2n) is 12.1. The van der Waals surface area contributed by atoms with Crippen LogP contribution in [0.5, 0.6) is 0 Å². The number of amides is 3. The summed E-state index contributed by atoms with van der Waals surface area (Å²) in [5.41, 5.74) is 0. The summed E-state index contributed by atoms with van der Waals surface area (Å²) < 4.78 is 7.41. The first-order chi connectivity index (χ1) is 21.6. The lowest BCUT2D eigenvalue weighted by Gasteiger charge is -2.18. The minimum absolute atomic E-state index is 0.102. The van der Waals surface area contributed by atoms with Crippen molar-refractivity contribution >= 4 is 17.9 Å². The van der Waals surface area contributed by atoms with Gasteiger partial charge in [0.1, 0.15) is 12.6 Å². The highest BCUT2D eigenvalue weighted by atomic mass is 16.5. The number of esters is 1. The van der Waals surface area contributed by atoms with Crippen molar-refractivity contribution < 1.29 is 23.7 Å². The van der Waals surface area contributed by atoms with Gasteiger partial charge in [0.15, 0.2) is 12.4 Å². The van der Waals surface area contributed by atoms with Gasteiger partial charge in [0.2, 0.25) is 5.91 Å². The Balaban J connectivity index is 2.04. The molecule has 0 aliphatic rings. The number of carbonyl (C=O) groups excluding carboxylic acids is 3. The summed E-state index contributed by atoms with van der Waals surface area (Å²) in [7, 11) is 0. The van der Waals surface area contributed by atoms with Crippen LogP contribution in [-0.4, -0.2) is 43.6 Å². The Morgan fingerprint density at radius 2 is 1.18 bits per heavy atom. The Hall–Kier alpha value is -2.64. The molecule has 0 aliphatic carbocycles. The summed E-state index contributed by atoms with van der Waals surface area (Å²) in [6.45, 7) is 6.56. The number of aromatic nitrogens is 1. The molecule has 1 aromatic heterocycles. The predicted molar refractivity (Wildman–Crippen MR) is 179 cm³/mol. The minimum atomic E-state index is -0.673. The molecule has 0 fully saturated rings. The van der Waals surface area contributed by atoms with Gasteiger partial charge < -0.3 is 20.7 Å². The molecule has 1 heterocycles. The van der Waals surface area contributed by atoms with Gasteiger partial charge in [-0.15, -0.1) is 0 Å². The molecule has 0 radical (unpaired) electrons. The Labute approximate surface area is 268 Å². The van der Waals surface area contributed by atoms with Crippen molar-refractivity contribution in [1.29, 1.82) is 0 Å². The lowest BCUT2D eigenvalue weighted by molar-refractivity contribution is -0.697. The number of nitrogens with zero attached hydrogens (tertiary/aromatic N) is 1. The maximum absolute atomic E-state index is 12.4. The average Bonchev–Trinajstić information content (AvgIpc) is 3.02. The van der Waals surface area contributed by atoms with Crippen molar-refractivity contribution in [3.63, 3.8) is 0 Å². The maximum Gasteiger partial charge on any atom is 0.328 e. The van der Waals surface area contributed by atoms with Gasteiger partial charge in [-0.2, -0.15) is 0 Å². The second kappa shape index (κ2) is 29.1. The van der Waals surface area contributed by atoms with E-state index in [-0.39, 0.29) is 18.5 Å². The van der Waals surface area contributed by atoms with Gasteiger partial charge >= 0.3 is 12.0 Å². The lowest BCUT2D eigenvalue weighted by atomic mass is 10.1. The van der Waals surface area contributed by atoms with Crippen LogP contribution in [0.4, 0.5) is 4.79 Å². The fourth-order valence-electron chi connectivity index (χ4n) is 5.35. The standard InChI is InChI=1S/C36H64N4O4/c1-3-5-6-7-8-9-12-15-19-27-34(41)37-28-22-20-26-33(35(42)44-4-2)39-36(43)38-29-21-16-13-10-11-14-17-23-30-40-31-24-18-25-32-40/h18,24-25,31-33H,3-17,19-23,26-30H2,1-2H3,(H2-,37,38,39,41,43)/p+1/t33-/m0/s1. The highest BCUT2D eigenvalue weighted by Gasteiger charge is 2.21. The third kappa shape index (κ3) is 23.8. The van der Waals surface area contributed by atoms with Gasteiger partial charge in [-0.1, -0.05) is 96.5 Å². The van der Waals surface area contributed by atoms with Crippen LogP contribution in [0, 0.1) is 0 Å². The summed E-state index contributed by atoms with van der Waals surface area (Å²) >= 11 is 0. The Morgan fingerprint density at radius 3 is 1.82 bits per heavy atom. The Morgan fingerprint density at radius 1 is 0.636 bits per heavy atom. The van der Waals surface area contributed by atoms with Crippen molar-refractivity contribution in [1.82, 2.24) is 16.0 Å². The monoisotopic (exact) mass is 618 g/mol. The number of carbonyl (C=O) groups is 3. The van der Waals surface area contributed by atoms with E-state index in [1.165, 1.54) is 83.5 Å². The SMILES string of the molecule is CCCCCCCCCCCC(=O)NCCCC[C@H](NC(=O)NCCCCCCCCCC[n+]1ccccc1)C(=O)OCC. The lowest BCUT2D eigenvalue weighted by Crippen LogP contribution is -2.47.